The maximum Gasteiger partial charge on any atom is 0.0169 e. The molecule has 0 radical (unpaired) electrons. The van der Waals surface area contributed by atoms with Crippen molar-refractivity contribution in [2.75, 3.05) is 0 Å². The molecule has 0 heterocycles. The van der Waals surface area contributed by atoms with Gasteiger partial charge < -0.3 is 0 Å². The largest absolute Gasteiger partial charge is 0.0802 e. The average molecular weight is 226 g/mol. The van der Waals surface area contributed by atoms with Crippen molar-refractivity contribution in [2.24, 2.45) is 5.92 Å². The van der Waals surface area contributed by atoms with Crippen molar-refractivity contribution < 1.29 is 0 Å². The first-order valence-electron chi connectivity index (χ1n) is 6.69. The summed E-state index contributed by atoms with van der Waals surface area (Å²) in [4.78, 5) is 0. The zero-order chi connectivity index (χ0) is 12.1. The number of unbranched alkanes of at least 4 members (excludes halogenated alkanes) is 1. The van der Waals surface area contributed by atoms with Gasteiger partial charge in [0.2, 0.25) is 0 Å². The lowest BCUT2D eigenvalue weighted by molar-refractivity contribution is 0.389. The predicted molar refractivity (Wildman–Crippen MR) is 75.1 cm³/mol. The molecule has 1 aliphatic carbocycles. The quantitative estimate of drug-likeness (QED) is 0.686. The highest BCUT2D eigenvalue weighted by molar-refractivity contribution is 5.36. The van der Waals surface area contributed by atoms with Crippen molar-refractivity contribution in [3.8, 4) is 0 Å². The second-order valence-electron chi connectivity index (χ2n) is 5.14. The minimum atomic E-state index is 0.172. The van der Waals surface area contributed by atoms with Crippen LogP contribution in [-0.2, 0) is 5.41 Å². The van der Waals surface area contributed by atoms with Gasteiger partial charge in [0.25, 0.3) is 0 Å². The average Bonchev–Trinajstić information content (AvgIpc) is 2.39. The van der Waals surface area contributed by atoms with Gasteiger partial charge in [-0.1, -0.05) is 81.3 Å². The molecule has 0 bridgehead atoms. The van der Waals surface area contributed by atoms with Crippen molar-refractivity contribution in [2.45, 2.75) is 38.5 Å². The third-order valence-corrected chi connectivity index (χ3v) is 3.93. The summed E-state index contributed by atoms with van der Waals surface area (Å²) < 4.78 is 0. The van der Waals surface area contributed by atoms with Gasteiger partial charge in [0.1, 0.15) is 0 Å². The van der Waals surface area contributed by atoms with Crippen molar-refractivity contribution in [3.63, 3.8) is 0 Å². The summed E-state index contributed by atoms with van der Waals surface area (Å²) in [5.74, 6) is 0.634. The highest BCUT2D eigenvalue weighted by Crippen LogP contribution is 2.39. The van der Waals surface area contributed by atoms with Crippen LogP contribution in [0.5, 0.6) is 0 Å². The number of hydrogen-bond donors (Lipinski definition) is 0. The van der Waals surface area contributed by atoms with E-state index in [1.165, 1.54) is 24.8 Å². The van der Waals surface area contributed by atoms with Gasteiger partial charge in [-0.05, 0) is 17.9 Å². The summed E-state index contributed by atoms with van der Waals surface area (Å²) in [6, 6.07) is 10.9. The molecular formula is C17H22. The minimum Gasteiger partial charge on any atom is -0.0802 e. The van der Waals surface area contributed by atoms with Crippen LogP contribution in [0.1, 0.15) is 38.7 Å². The maximum absolute atomic E-state index is 2.38. The SMILES string of the molecule is CCCCC1C=CC=CC1(C)c1ccccc1. The second kappa shape index (κ2) is 5.35. The van der Waals surface area contributed by atoms with Gasteiger partial charge >= 0.3 is 0 Å². The zero-order valence-corrected chi connectivity index (χ0v) is 10.9. The van der Waals surface area contributed by atoms with Gasteiger partial charge in [-0.3, -0.25) is 0 Å². The van der Waals surface area contributed by atoms with Crippen molar-refractivity contribution in [1.82, 2.24) is 0 Å². The molecule has 1 aromatic carbocycles. The summed E-state index contributed by atoms with van der Waals surface area (Å²) >= 11 is 0. The number of rotatable bonds is 4. The number of hydrogen-bond acceptors (Lipinski definition) is 0. The Bertz CT molecular complexity index is 399. The van der Waals surface area contributed by atoms with Crippen LogP contribution in [0.3, 0.4) is 0 Å². The van der Waals surface area contributed by atoms with E-state index >= 15 is 0 Å². The normalized spacial score (nSPS) is 27.3. The number of benzene rings is 1. The fourth-order valence-electron chi connectivity index (χ4n) is 2.70. The van der Waals surface area contributed by atoms with E-state index in [4.69, 9.17) is 0 Å². The van der Waals surface area contributed by atoms with Crippen LogP contribution in [-0.4, -0.2) is 0 Å². The zero-order valence-electron chi connectivity index (χ0n) is 10.9. The Labute approximate surface area is 105 Å². The van der Waals surface area contributed by atoms with Gasteiger partial charge in [-0.2, -0.15) is 0 Å². The first-order valence-corrected chi connectivity index (χ1v) is 6.69. The van der Waals surface area contributed by atoms with Crippen molar-refractivity contribution >= 4 is 0 Å². The lowest BCUT2D eigenvalue weighted by atomic mass is 9.68. The molecule has 0 saturated heterocycles. The van der Waals surface area contributed by atoms with Crippen LogP contribution in [0.2, 0.25) is 0 Å². The molecule has 0 amide bonds. The van der Waals surface area contributed by atoms with Gasteiger partial charge in [-0.15, -0.1) is 0 Å². The van der Waals surface area contributed by atoms with E-state index in [9.17, 15) is 0 Å². The topological polar surface area (TPSA) is 0 Å². The van der Waals surface area contributed by atoms with E-state index in [-0.39, 0.29) is 5.41 Å². The van der Waals surface area contributed by atoms with E-state index in [0.717, 1.165) is 0 Å². The standard InChI is InChI=1S/C17H22/c1-3-4-10-15-13-8-9-14-17(15,2)16-11-6-5-7-12-16/h5-9,11-15H,3-4,10H2,1-2H3. The Morgan fingerprint density at radius 2 is 1.88 bits per heavy atom. The van der Waals surface area contributed by atoms with Crippen LogP contribution >= 0.6 is 0 Å². The summed E-state index contributed by atoms with van der Waals surface area (Å²) in [5.41, 5.74) is 1.60. The lowest BCUT2D eigenvalue weighted by Crippen LogP contribution is -2.30. The maximum atomic E-state index is 2.38. The Morgan fingerprint density at radius 3 is 2.59 bits per heavy atom. The van der Waals surface area contributed by atoms with Gasteiger partial charge in [0.05, 0.1) is 0 Å². The van der Waals surface area contributed by atoms with Crippen LogP contribution in [0.15, 0.2) is 54.6 Å². The molecule has 1 aromatic rings. The smallest absolute Gasteiger partial charge is 0.0169 e. The molecule has 0 nitrogen and oxygen atoms in total. The third-order valence-electron chi connectivity index (χ3n) is 3.93. The van der Waals surface area contributed by atoms with Crippen LogP contribution in [0, 0.1) is 5.92 Å². The minimum absolute atomic E-state index is 0.172. The molecule has 2 atom stereocenters. The van der Waals surface area contributed by atoms with Crippen molar-refractivity contribution in [1.29, 1.82) is 0 Å². The Kier molecular flexibility index (Phi) is 3.83. The molecule has 0 N–H and O–H groups in total. The fraction of sp³-hybridized carbons (Fsp3) is 0.412. The molecule has 0 saturated carbocycles. The molecule has 0 aliphatic heterocycles. The van der Waals surface area contributed by atoms with E-state index < -0.39 is 0 Å². The molecule has 2 unspecified atom stereocenters. The molecule has 0 fully saturated rings. The summed E-state index contributed by atoms with van der Waals surface area (Å²) in [6.07, 6.45) is 13.0. The molecular weight excluding hydrogens is 204 g/mol. The molecule has 0 aromatic heterocycles. The fourth-order valence-corrected chi connectivity index (χ4v) is 2.70. The van der Waals surface area contributed by atoms with Crippen LogP contribution < -0.4 is 0 Å². The van der Waals surface area contributed by atoms with E-state index in [0.29, 0.717) is 5.92 Å². The Balaban J connectivity index is 2.26. The first kappa shape index (κ1) is 12.2. The molecule has 0 spiro atoms. The highest BCUT2D eigenvalue weighted by Gasteiger charge is 2.32. The first-order chi connectivity index (χ1) is 8.27. The van der Waals surface area contributed by atoms with Crippen LogP contribution in [0.4, 0.5) is 0 Å². The van der Waals surface area contributed by atoms with E-state index in [1.807, 2.05) is 0 Å². The molecule has 1 aliphatic rings. The second-order valence-corrected chi connectivity index (χ2v) is 5.14. The van der Waals surface area contributed by atoms with Crippen molar-refractivity contribution in [3.05, 3.63) is 60.2 Å². The molecule has 90 valence electrons. The third kappa shape index (κ3) is 2.52. The van der Waals surface area contributed by atoms with Crippen LogP contribution in [0.25, 0.3) is 0 Å². The Hall–Kier alpha value is -1.30. The molecule has 2 rings (SSSR count). The van der Waals surface area contributed by atoms with Gasteiger partial charge in [0, 0.05) is 5.41 Å². The monoisotopic (exact) mass is 226 g/mol. The van der Waals surface area contributed by atoms with Gasteiger partial charge in [0.15, 0.2) is 0 Å². The lowest BCUT2D eigenvalue weighted by Gasteiger charge is -2.36. The number of allylic oxidation sites excluding steroid dienone is 4. The van der Waals surface area contributed by atoms with Gasteiger partial charge in [-0.25, -0.2) is 0 Å². The van der Waals surface area contributed by atoms with E-state index in [1.54, 1.807) is 0 Å². The predicted octanol–water partition coefficient (Wildman–Crippen LogP) is 4.88. The Morgan fingerprint density at radius 1 is 1.12 bits per heavy atom. The summed E-state index contributed by atoms with van der Waals surface area (Å²) in [6.45, 7) is 4.63. The highest BCUT2D eigenvalue weighted by atomic mass is 14.4. The van der Waals surface area contributed by atoms with E-state index in [2.05, 4.69) is 68.5 Å². The molecule has 0 heteroatoms. The molecule has 17 heavy (non-hydrogen) atoms. The summed E-state index contributed by atoms with van der Waals surface area (Å²) in [5, 5.41) is 0. The summed E-state index contributed by atoms with van der Waals surface area (Å²) in [7, 11) is 0.